The maximum absolute atomic E-state index is 12.1. The van der Waals surface area contributed by atoms with Crippen LogP contribution in [0.5, 0.6) is 0 Å². The normalized spacial score (nSPS) is 17.1. The summed E-state index contributed by atoms with van der Waals surface area (Å²) in [5.74, 6) is 0. The molecule has 1 fully saturated rings. The first-order valence-electron chi connectivity index (χ1n) is 7.33. The van der Waals surface area contributed by atoms with Gasteiger partial charge >= 0.3 is 0 Å². The summed E-state index contributed by atoms with van der Waals surface area (Å²) in [5.41, 5.74) is 1.17. The van der Waals surface area contributed by atoms with Crippen molar-refractivity contribution < 1.29 is 8.42 Å². The van der Waals surface area contributed by atoms with E-state index in [2.05, 4.69) is 17.0 Å². The van der Waals surface area contributed by atoms with Crippen LogP contribution in [-0.2, 0) is 16.4 Å². The third-order valence-corrected chi connectivity index (χ3v) is 5.20. The van der Waals surface area contributed by atoms with Crippen molar-refractivity contribution in [2.24, 2.45) is 0 Å². The van der Waals surface area contributed by atoms with Gasteiger partial charge in [-0.05, 0) is 50.4 Å². The van der Waals surface area contributed by atoms with Gasteiger partial charge in [0.1, 0.15) is 0 Å². The zero-order valence-electron chi connectivity index (χ0n) is 12.2. The molecule has 2 N–H and O–H groups in total. The Balaban J connectivity index is 2.01. The zero-order chi connectivity index (χ0) is 14.6. The SMILES string of the molecule is CCCC(Cc1ccc(S(=O)(=O)NC2CC2)cc1)NC. The van der Waals surface area contributed by atoms with Gasteiger partial charge in [0.2, 0.25) is 10.0 Å². The minimum absolute atomic E-state index is 0.151. The van der Waals surface area contributed by atoms with Crippen LogP contribution < -0.4 is 10.0 Å². The van der Waals surface area contributed by atoms with Crippen LogP contribution in [0.25, 0.3) is 0 Å². The minimum Gasteiger partial charge on any atom is -0.317 e. The molecule has 0 bridgehead atoms. The molecule has 1 aromatic carbocycles. The fraction of sp³-hybridized carbons (Fsp3) is 0.600. The van der Waals surface area contributed by atoms with E-state index < -0.39 is 10.0 Å². The Morgan fingerprint density at radius 2 is 1.90 bits per heavy atom. The van der Waals surface area contributed by atoms with Gasteiger partial charge in [-0.1, -0.05) is 25.5 Å². The number of rotatable bonds is 8. The van der Waals surface area contributed by atoms with Gasteiger partial charge in [0.05, 0.1) is 4.90 Å². The highest BCUT2D eigenvalue weighted by atomic mass is 32.2. The number of benzene rings is 1. The Labute approximate surface area is 122 Å². The van der Waals surface area contributed by atoms with E-state index in [9.17, 15) is 8.42 Å². The van der Waals surface area contributed by atoms with Crippen LogP contribution >= 0.6 is 0 Å². The Morgan fingerprint density at radius 3 is 2.40 bits per heavy atom. The van der Waals surface area contributed by atoms with Crippen molar-refractivity contribution in [3.8, 4) is 0 Å². The first-order valence-corrected chi connectivity index (χ1v) is 8.82. The van der Waals surface area contributed by atoms with Crippen molar-refractivity contribution in [3.63, 3.8) is 0 Å². The van der Waals surface area contributed by atoms with E-state index in [-0.39, 0.29) is 6.04 Å². The quantitative estimate of drug-likeness (QED) is 0.772. The molecule has 1 aliphatic carbocycles. The molecule has 1 aliphatic rings. The van der Waals surface area contributed by atoms with Crippen molar-refractivity contribution in [1.29, 1.82) is 0 Å². The smallest absolute Gasteiger partial charge is 0.240 e. The Hall–Kier alpha value is -0.910. The van der Waals surface area contributed by atoms with Crippen LogP contribution in [0.1, 0.15) is 38.2 Å². The lowest BCUT2D eigenvalue weighted by Crippen LogP contribution is -2.27. The first-order chi connectivity index (χ1) is 9.55. The number of nitrogens with one attached hydrogen (secondary N) is 2. The summed E-state index contributed by atoms with van der Waals surface area (Å²) in [6, 6.07) is 7.85. The standard InChI is InChI=1S/C15H24N2O2S/c1-3-4-14(16-2)11-12-5-9-15(10-6-12)20(18,19)17-13-7-8-13/h5-6,9-10,13-14,16-17H,3-4,7-8,11H2,1-2H3. The van der Waals surface area contributed by atoms with E-state index in [1.165, 1.54) is 5.56 Å². The van der Waals surface area contributed by atoms with Crippen LogP contribution in [0.4, 0.5) is 0 Å². The molecule has 0 amide bonds. The second-order valence-corrected chi connectivity index (χ2v) is 7.23. The van der Waals surface area contributed by atoms with Crippen molar-refractivity contribution in [1.82, 2.24) is 10.0 Å². The molecule has 0 saturated heterocycles. The van der Waals surface area contributed by atoms with Gasteiger partial charge in [-0.25, -0.2) is 13.1 Å². The van der Waals surface area contributed by atoms with Crippen LogP contribution in [0, 0.1) is 0 Å². The Morgan fingerprint density at radius 1 is 1.25 bits per heavy atom. The molecule has 5 heteroatoms. The lowest BCUT2D eigenvalue weighted by Gasteiger charge is -2.15. The van der Waals surface area contributed by atoms with E-state index in [1.54, 1.807) is 12.1 Å². The summed E-state index contributed by atoms with van der Waals surface area (Å²) in [4.78, 5) is 0.365. The topological polar surface area (TPSA) is 58.2 Å². The summed E-state index contributed by atoms with van der Waals surface area (Å²) in [6.45, 7) is 2.17. The summed E-state index contributed by atoms with van der Waals surface area (Å²) >= 11 is 0. The molecular formula is C15H24N2O2S. The maximum Gasteiger partial charge on any atom is 0.240 e. The predicted octanol–water partition coefficient (Wildman–Crippen LogP) is 2.06. The van der Waals surface area contributed by atoms with Crippen LogP contribution in [0.15, 0.2) is 29.2 Å². The lowest BCUT2D eigenvalue weighted by atomic mass is 10.0. The molecule has 1 atom stereocenters. The van der Waals surface area contributed by atoms with E-state index in [0.717, 1.165) is 32.1 Å². The highest BCUT2D eigenvalue weighted by Crippen LogP contribution is 2.22. The number of hydrogen-bond donors (Lipinski definition) is 2. The van der Waals surface area contributed by atoms with E-state index in [1.807, 2.05) is 19.2 Å². The fourth-order valence-electron chi connectivity index (χ4n) is 2.27. The van der Waals surface area contributed by atoms with Gasteiger partial charge in [0, 0.05) is 12.1 Å². The minimum atomic E-state index is -3.32. The first kappa shape index (κ1) is 15.5. The fourth-order valence-corrected chi connectivity index (χ4v) is 3.58. The number of sulfonamides is 1. The molecule has 1 saturated carbocycles. The highest BCUT2D eigenvalue weighted by Gasteiger charge is 2.27. The second kappa shape index (κ2) is 6.70. The number of hydrogen-bond acceptors (Lipinski definition) is 3. The van der Waals surface area contributed by atoms with Gasteiger partial charge in [-0.15, -0.1) is 0 Å². The van der Waals surface area contributed by atoms with Crippen LogP contribution in [-0.4, -0.2) is 27.5 Å². The zero-order valence-corrected chi connectivity index (χ0v) is 13.0. The molecule has 1 aromatic rings. The second-order valence-electron chi connectivity index (χ2n) is 5.52. The molecule has 4 nitrogen and oxygen atoms in total. The van der Waals surface area contributed by atoms with E-state index in [0.29, 0.717) is 10.9 Å². The summed E-state index contributed by atoms with van der Waals surface area (Å²) in [5, 5.41) is 3.30. The molecule has 20 heavy (non-hydrogen) atoms. The maximum atomic E-state index is 12.1. The largest absolute Gasteiger partial charge is 0.317 e. The molecule has 0 aliphatic heterocycles. The third-order valence-electron chi connectivity index (χ3n) is 3.66. The van der Waals surface area contributed by atoms with Crippen molar-refractivity contribution in [2.75, 3.05) is 7.05 Å². The van der Waals surface area contributed by atoms with E-state index >= 15 is 0 Å². The molecule has 0 spiro atoms. The summed E-state index contributed by atoms with van der Waals surface area (Å²) in [7, 11) is -1.35. The van der Waals surface area contributed by atoms with Gasteiger partial charge in [-0.3, -0.25) is 0 Å². The Kier molecular flexibility index (Phi) is 5.18. The van der Waals surface area contributed by atoms with E-state index in [4.69, 9.17) is 0 Å². The monoisotopic (exact) mass is 296 g/mol. The average Bonchev–Trinajstić information content (AvgIpc) is 3.22. The lowest BCUT2D eigenvalue weighted by molar-refractivity contribution is 0.513. The van der Waals surface area contributed by atoms with Gasteiger partial charge in [0.15, 0.2) is 0 Å². The average molecular weight is 296 g/mol. The molecule has 0 radical (unpaired) electrons. The molecule has 2 rings (SSSR count). The predicted molar refractivity (Wildman–Crippen MR) is 81.2 cm³/mol. The summed E-state index contributed by atoms with van der Waals surface area (Å²) < 4.78 is 26.8. The molecular weight excluding hydrogens is 272 g/mol. The van der Waals surface area contributed by atoms with Gasteiger partial charge in [-0.2, -0.15) is 0 Å². The van der Waals surface area contributed by atoms with Crippen molar-refractivity contribution in [2.45, 2.75) is 56.0 Å². The molecule has 0 aromatic heterocycles. The third kappa shape index (κ3) is 4.30. The Bertz CT molecular complexity index is 521. The molecule has 0 heterocycles. The molecule has 112 valence electrons. The van der Waals surface area contributed by atoms with Crippen LogP contribution in [0.3, 0.4) is 0 Å². The van der Waals surface area contributed by atoms with Crippen LogP contribution in [0.2, 0.25) is 0 Å². The highest BCUT2D eigenvalue weighted by molar-refractivity contribution is 7.89. The van der Waals surface area contributed by atoms with Crippen molar-refractivity contribution in [3.05, 3.63) is 29.8 Å². The van der Waals surface area contributed by atoms with Gasteiger partial charge < -0.3 is 5.32 Å². The molecule has 1 unspecified atom stereocenters. The van der Waals surface area contributed by atoms with Gasteiger partial charge in [0.25, 0.3) is 0 Å². The van der Waals surface area contributed by atoms with Crippen molar-refractivity contribution >= 4 is 10.0 Å². The summed E-state index contributed by atoms with van der Waals surface area (Å²) in [6.07, 6.45) is 5.11. The number of likely N-dealkylation sites (N-methyl/N-ethyl adjacent to an activating group) is 1.